The quantitative estimate of drug-likeness (QED) is 0.448. The largest absolute Gasteiger partial charge is 0.452 e. The number of ether oxygens (including phenoxy) is 1. The predicted molar refractivity (Wildman–Crippen MR) is 100 cm³/mol. The number of halogens is 1. The van der Waals surface area contributed by atoms with E-state index in [4.69, 9.17) is 16.3 Å². The number of carbonyl (C=O) groups is 3. The maximum atomic E-state index is 12.2. The number of hydrogen-bond donors (Lipinski definition) is 2. The summed E-state index contributed by atoms with van der Waals surface area (Å²) in [7, 11) is 0. The van der Waals surface area contributed by atoms with Crippen LogP contribution < -0.4 is 10.6 Å². The van der Waals surface area contributed by atoms with Crippen molar-refractivity contribution in [3.8, 4) is 0 Å². The number of amides is 2. The molecule has 0 radical (unpaired) electrons. The topological polar surface area (TPSA) is 128 Å². The molecule has 10 heteroatoms. The van der Waals surface area contributed by atoms with Gasteiger partial charge in [0, 0.05) is 24.2 Å². The summed E-state index contributed by atoms with van der Waals surface area (Å²) >= 11 is 5.91. The van der Waals surface area contributed by atoms with Crippen molar-refractivity contribution in [3.63, 3.8) is 0 Å². The van der Waals surface area contributed by atoms with Crippen LogP contribution in [0.2, 0.25) is 5.02 Å². The standard InChI is InChI=1S/C18H14ClN3O6/c19-13-4-3-12(22(26)27)8-15(13)21-17(24)9-28-18(25)11-1-5-14-10(7-11)2-6-16(23)20-14/h1,3-5,7-8H,2,6,9H2,(H,20,23)(H,21,24). The van der Waals surface area contributed by atoms with E-state index in [1.807, 2.05) is 0 Å². The molecule has 2 amide bonds. The monoisotopic (exact) mass is 403 g/mol. The first-order valence-corrected chi connectivity index (χ1v) is 8.55. The minimum Gasteiger partial charge on any atom is -0.452 e. The maximum absolute atomic E-state index is 12.2. The Morgan fingerprint density at radius 3 is 2.75 bits per heavy atom. The van der Waals surface area contributed by atoms with Crippen molar-refractivity contribution >= 4 is 46.4 Å². The van der Waals surface area contributed by atoms with Crippen LogP contribution in [0.1, 0.15) is 22.3 Å². The Kier molecular flexibility index (Phi) is 5.55. The first kappa shape index (κ1) is 19.3. The lowest BCUT2D eigenvalue weighted by Gasteiger charge is -2.17. The van der Waals surface area contributed by atoms with Crippen molar-refractivity contribution in [1.82, 2.24) is 0 Å². The molecule has 0 saturated heterocycles. The van der Waals surface area contributed by atoms with Crippen LogP contribution >= 0.6 is 11.6 Å². The third-order valence-corrected chi connectivity index (χ3v) is 4.34. The number of carbonyl (C=O) groups excluding carboxylic acids is 3. The second kappa shape index (κ2) is 8.05. The van der Waals surface area contributed by atoms with Gasteiger partial charge in [-0.25, -0.2) is 4.79 Å². The van der Waals surface area contributed by atoms with E-state index in [9.17, 15) is 24.5 Å². The van der Waals surface area contributed by atoms with E-state index in [-0.39, 0.29) is 27.9 Å². The lowest BCUT2D eigenvalue weighted by molar-refractivity contribution is -0.384. The molecule has 28 heavy (non-hydrogen) atoms. The van der Waals surface area contributed by atoms with Gasteiger partial charge in [-0.15, -0.1) is 0 Å². The number of aryl methyl sites for hydroxylation is 1. The minimum absolute atomic E-state index is 0.0430. The van der Waals surface area contributed by atoms with Crippen LogP contribution in [0, 0.1) is 10.1 Å². The summed E-state index contributed by atoms with van der Waals surface area (Å²) in [5.41, 5.74) is 1.50. The average Bonchev–Trinajstić information content (AvgIpc) is 2.67. The number of non-ortho nitro benzene ring substituents is 1. The Labute approximate surface area is 163 Å². The van der Waals surface area contributed by atoms with Crippen LogP contribution in [-0.4, -0.2) is 29.3 Å². The molecule has 1 aliphatic rings. The zero-order valence-electron chi connectivity index (χ0n) is 14.4. The number of benzene rings is 2. The van der Waals surface area contributed by atoms with Gasteiger partial charge in [-0.3, -0.25) is 19.7 Å². The van der Waals surface area contributed by atoms with Crippen molar-refractivity contribution in [3.05, 3.63) is 62.7 Å². The molecule has 144 valence electrons. The molecule has 1 heterocycles. The van der Waals surface area contributed by atoms with Crippen molar-refractivity contribution in [2.75, 3.05) is 17.2 Å². The van der Waals surface area contributed by atoms with Gasteiger partial charge < -0.3 is 15.4 Å². The molecule has 0 bridgehead atoms. The molecule has 0 aromatic heterocycles. The fraction of sp³-hybridized carbons (Fsp3) is 0.167. The van der Waals surface area contributed by atoms with Crippen molar-refractivity contribution in [2.24, 2.45) is 0 Å². The number of rotatable bonds is 5. The number of hydrogen-bond acceptors (Lipinski definition) is 6. The summed E-state index contributed by atoms with van der Waals surface area (Å²) in [5, 5.41) is 16.0. The van der Waals surface area contributed by atoms with Crippen LogP contribution in [0.25, 0.3) is 0 Å². The van der Waals surface area contributed by atoms with Gasteiger partial charge in [0.2, 0.25) is 5.91 Å². The van der Waals surface area contributed by atoms with Crippen LogP contribution in [0.4, 0.5) is 17.1 Å². The van der Waals surface area contributed by atoms with Crippen LogP contribution in [0.15, 0.2) is 36.4 Å². The molecule has 0 saturated carbocycles. The fourth-order valence-corrected chi connectivity index (χ4v) is 2.80. The molecule has 0 spiro atoms. The zero-order valence-corrected chi connectivity index (χ0v) is 15.1. The summed E-state index contributed by atoms with van der Waals surface area (Å²) in [6, 6.07) is 8.30. The summed E-state index contributed by atoms with van der Waals surface area (Å²) in [6.45, 7) is -0.592. The first-order chi connectivity index (χ1) is 13.3. The van der Waals surface area contributed by atoms with E-state index in [0.717, 1.165) is 11.6 Å². The maximum Gasteiger partial charge on any atom is 0.338 e. The number of esters is 1. The lowest BCUT2D eigenvalue weighted by Crippen LogP contribution is -2.22. The number of anilines is 2. The van der Waals surface area contributed by atoms with Gasteiger partial charge in [-0.2, -0.15) is 0 Å². The Morgan fingerprint density at radius 1 is 1.21 bits per heavy atom. The summed E-state index contributed by atoms with van der Waals surface area (Å²) in [5.74, 6) is -1.49. The fourth-order valence-electron chi connectivity index (χ4n) is 2.63. The SMILES string of the molecule is O=C(COC(=O)c1ccc2c(c1)CCC(=O)N2)Nc1cc([N+](=O)[O-])ccc1Cl. The van der Waals surface area contributed by atoms with Gasteiger partial charge >= 0.3 is 5.97 Å². The molecule has 3 rings (SSSR count). The van der Waals surface area contributed by atoms with Gasteiger partial charge in [0.15, 0.2) is 6.61 Å². The highest BCUT2D eigenvalue weighted by Gasteiger charge is 2.18. The first-order valence-electron chi connectivity index (χ1n) is 8.17. The second-order valence-corrected chi connectivity index (χ2v) is 6.37. The smallest absolute Gasteiger partial charge is 0.338 e. The van der Waals surface area contributed by atoms with E-state index < -0.39 is 23.4 Å². The number of fused-ring (bicyclic) bond motifs is 1. The summed E-state index contributed by atoms with van der Waals surface area (Å²) < 4.78 is 4.98. The van der Waals surface area contributed by atoms with E-state index >= 15 is 0 Å². The van der Waals surface area contributed by atoms with Gasteiger partial charge in [-0.1, -0.05) is 11.6 Å². The van der Waals surface area contributed by atoms with Crippen molar-refractivity contribution in [2.45, 2.75) is 12.8 Å². The molecular weight excluding hydrogens is 390 g/mol. The number of nitro groups is 1. The van der Waals surface area contributed by atoms with E-state index in [0.29, 0.717) is 18.5 Å². The van der Waals surface area contributed by atoms with Crippen LogP contribution in [-0.2, 0) is 20.7 Å². The van der Waals surface area contributed by atoms with E-state index in [1.165, 1.54) is 18.2 Å². The Balaban J connectivity index is 1.60. The van der Waals surface area contributed by atoms with Gasteiger partial charge in [0.1, 0.15) is 0 Å². The number of nitrogens with zero attached hydrogens (tertiary/aromatic N) is 1. The molecule has 0 fully saturated rings. The molecule has 2 N–H and O–H groups in total. The Morgan fingerprint density at radius 2 is 2.00 bits per heavy atom. The third kappa shape index (κ3) is 4.44. The van der Waals surface area contributed by atoms with Gasteiger partial charge in [-0.05, 0) is 36.2 Å². The number of nitro benzene ring substituents is 1. The molecular formula is C18H14ClN3O6. The van der Waals surface area contributed by atoms with Crippen molar-refractivity contribution < 1.29 is 24.0 Å². The second-order valence-electron chi connectivity index (χ2n) is 5.97. The Bertz CT molecular complexity index is 991. The summed E-state index contributed by atoms with van der Waals surface area (Å²) in [4.78, 5) is 45.7. The van der Waals surface area contributed by atoms with Gasteiger partial charge in [0.25, 0.3) is 11.6 Å². The lowest BCUT2D eigenvalue weighted by atomic mass is 10.0. The number of nitrogens with one attached hydrogen (secondary N) is 2. The van der Waals surface area contributed by atoms with E-state index in [1.54, 1.807) is 12.1 Å². The molecule has 0 unspecified atom stereocenters. The molecule has 1 aliphatic heterocycles. The van der Waals surface area contributed by atoms with Crippen LogP contribution in [0.3, 0.4) is 0 Å². The summed E-state index contributed by atoms with van der Waals surface area (Å²) in [6.07, 6.45) is 0.839. The van der Waals surface area contributed by atoms with Crippen LogP contribution in [0.5, 0.6) is 0 Å². The highest BCUT2D eigenvalue weighted by molar-refractivity contribution is 6.33. The molecule has 2 aromatic carbocycles. The highest BCUT2D eigenvalue weighted by atomic mass is 35.5. The Hall–Kier alpha value is -3.46. The molecule has 0 atom stereocenters. The minimum atomic E-state index is -0.708. The zero-order chi connectivity index (χ0) is 20.3. The molecule has 0 aliphatic carbocycles. The normalized spacial score (nSPS) is 12.5. The predicted octanol–water partition coefficient (Wildman–Crippen LogP) is 2.93. The van der Waals surface area contributed by atoms with Crippen molar-refractivity contribution in [1.29, 1.82) is 0 Å². The average molecular weight is 404 g/mol. The third-order valence-electron chi connectivity index (χ3n) is 4.01. The highest BCUT2D eigenvalue weighted by Crippen LogP contribution is 2.27. The molecule has 9 nitrogen and oxygen atoms in total. The van der Waals surface area contributed by atoms with Gasteiger partial charge in [0.05, 0.1) is 21.2 Å². The van der Waals surface area contributed by atoms with E-state index in [2.05, 4.69) is 10.6 Å². The molecule has 2 aromatic rings.